The molecule has 0 saturated carbocycles. The highest BCUT2D eigenvalue weighted by molar-refractivity contribution is 5.05. The van der Waals surface area contributed by atoms with E-state index in [9.17, 15) is 0 Å². The zero-order chi connectivity index (χ0) is 10.7. The molecular formula is C13H24. The Morgan fingerprint density at radius 2 is 1.69 bits per heavy atom. The first-order valence-electron chi connectivity index (χ1n) is 4.95. The average Bonchev–Trinajstić information content (AvgIpc) is 2.05. The lowest BCUT2D eigenvalue weighted by Crippen LogP contribution is -1.68. The van der Waals surface area contributed by atoms with Gasteiger partial charge in [-0.3, -0.25) is 0 Å². The smallest absolute Gasteiger partial charge is 0.0348 e. The summed E-state index contributed by atoms with van der Waals surface area (Å²) in [6.07, 6.45) is 7.93. The average molecular weight is 180 g/mol. The topological polar surface area (TPSA) is 0 Å². The van der Waals surface area contributed by atoms with Crippen molar-refractivity contribution in [2.45, 2.75) is 47.0 Å². The second-order valence-corrected chi connectivity index (χ2v) is 3.47. The van der Waals surface area contributed by atoms with E-state index in [4.69, 9.17) is 0 Å². The first-order chi connectivity index (χ1) is 6.04. The molecule has 0 aliphatic heterocycles. The van der Waals surface area contributed by atoms with Crippen molar-refractivity contribution in [3.8, 4) is 0 Å². The van der Waals surface area contributed by atoms with Crippen LogP contribution in [0.3, 0.4) is 0 Å². The predicted molar refractivity (Wildman–Crippen MR) is 64.0 cm³/mol. The zero-order valence-electron chi connectivity index (χ0n) is 9.69. The number of allylic oxidation sites excluding steroid dienone is 4. The monoisotopic (exact) mass is 180 g/mol. The first kappa shape index (κ1) is 14.7. The molecule has 0 N–H and O–H groups in total. The normalized spacial score (nSPS) is 8.00. The van der Waals surface area contributed by atoms with Crippen LogP contribution < -0.4 is 0 Å². The molecule has 0 spiro atoms. The van der Waals surface area contributed by atoms with Crippen LogP contribution in [0.5, 0.6) is 0 Å². The van der Waals surface area contributed by atoms with Crippen LogP contribution in [0.4, 0.5) is 0 Å². The number of unbranched alkanes of at least 4 members (excludes halogenated alkanes) is 2. The molecule has 0 nitrogen and oxygen atoms in total. The summed E-state index contributed by atoms with van der Waals surface area (Å²) in [4.78, 5) is 0. The molecule has 0 bridgehead atoms. The standard InChI is InChI=1S/C8H16.C5H8/c1-4-5-6-7-8(2)3;1-4-5(2)3/h7H,4-6H2,1-3H3;4H,1-2H2,3H3. The maximum atomic E-state index is 3.56. The van der Waals surface area contributed by atoms with Gasteiger partial charge in [0.25, 0.3) is 0 Å². The molecule has 0 heteroatoms. The van der Waals surface area contributed by atoms with Gasteiger partial charge in [0.05, 0.1) is 0 Å². The van der Waals surface area contributed by atoms with Crippen LogP contribution in [0, 0.1) is 0 Å². The number of rotatable bonds is 4. The van der Waals surface area contributed by atoms with Gasteiger partial charge in [-0.05, 0) is 27.2 Å². The summed E-state index contributed by atoms with van der Waals surface area (Å²) in [6, 6.07) is 0. The fraction of sp³-hybridized carbons (Fsp3) is 0.538. The maximum Gasteiger partial charge on any atom is -0.0348 e. The van der Waals surface area contributed by atoms with Gasteiger partial charge in [0.1, 0.15) is 0 Å². The number of hydrogen-bond donors (Lipinski definition) is 0. The molecule has 0 atom stereocenters. The fourth-order valence-electron chi connectivity index (χ4n) is 0.595. The quantitative estimate of drug-likeness (QED) is 0.328. The molecule has 0 aromatic carbocycles. The Bertz CT molecular complexity index is 157. The molecule has 76 valence electrons. The number of hydrogen-bond acceptors (Lipinski definition) is 0. The molecule has 0 fully saturated rings. The van der Waals surface area contributed by atoms with Gasteiger partial charge in [0.15, 0.2) is 0 Å². The highest BCUT2D eigenvalue weighted by atomic mass is 13.8. The van der Waals surface area contributed by atoms with E-state index >= 15 is 0 Å². The maximum absolute atomic E-state index is 3.56. The van der Waals surface area contributed by atoms with Crippen molar-refractivity contribution < 1.29 is 0 Å². The van der Waals surface area contributed by atoms with Crippen LogP contribution in [0.15, 0.2) is 36.5 Å². The Morgan fingerprint density at radius 1 is 1.23 bits per heavy atom. The lowest BCUT2D eigenvalue weighted by Gasteiger charge is -1.89. The molecule has 0 aromatic rings. The summed E-state index contributed by atoms with van der Waals surface area (Å²) in [7, 11) is 0. The molecule has 0 aliphatic carbocycles. The van der Waals surface area contributed by atoms with E-state index in [0.29, 0.717) is 0 Å². The molecule has 0 aliphatic rings. The van der Waals surface area contributed by atoms with Crippen molar-refractivity contribution in [2.24, 2.45) is 0 Å². The van der Waals surface area contributed by atoms with Gasteiger partial charge < -0.3 is 0 Å². The Kier molecular flexibility index (Phi) is 12.7. The molecule has 0 heterocycles. The highest BCUT2D eigenvalue weighted by Crippen LogP contribution is 1.98. The van der Waals surface area contributed by atoms with Crippen molar-refractivity contribution in [3.63, 3.8) is 0 Å². The lowest BCUT2D eigenvalue weighted by molar-refractivity contribution is 0.811. The minimum absolute atomic E-state index is 1.02. The zero-order valence-corrected chi connectivity index (χ0v) is 9.69. The second-order valence-electron chi connectivity index (χ2n) is 3.47. The SMILES string of the molecule is C=CC(=C)C.CCCCC=C(C)C. The molecular weight excluding hydrogens is 156 g/mol. The van der Waals surface area contributed by atoms with Gasteiger partial charge in [0, 0.05) is 0 Å². The summed E-state index contributed by atoms with van der Waals surface area (Å²) < 4.78 is 0. The Morgan fingerprint density at radius 3 is 1.92 bits per heavy atom. The van der Waals surface area contributed by atoms with E-state index < -0.39 is 0 Å². The Labute approximate surface area is 84.1 Å². The van der Waals surface area contributed by atoms with E-state index in [1.807, 2.05) is 6.92 Å². The molecule has 0 aromatic heterocycles. The van der Waals surface area contributed by atoms with Crippen LogP contribution in [-0.2, 0) is 0 Å². The van der Waals surface area contributed by atoms with Crippen LogP contribution >= 0.6 is 0 Å². The van der Waals surface area contributed by atoms with Crippen LogP contribution in [0.25, 0.3) is 0 Å². The van der Waals surface area contributed by atoms with Crippen molar-refractivity contribution >= 4 is 0 Å². The van der Waals surface area contributed by atoms with Crippen molar-refractivity contribution in [2.75, 3.05) is 0 Å². The summed E-state index contributed by atoms with van der Waals surface area (Å²) in [5, 5.41) is 0. The molecule has 13 heavy (non-hydrogen) atoms. The van der Waals surface area contributed by atoms with E-state index in [2.05, 4.69) is 40.0 Å². The largest absolute Gasteiger partial charge is 0.0988 e. The lowest BCUT2D eigenvalue weighted by atomic mass is 10.2. The van der Waals surface area contributed by atoms with Crippen molar-refractivity contribution in [1.82, 2.24) is 0 Å². The van der Waals surface area contributed by atoms with Gasteiger partial charge >= 0.3 is 0 Å². The summed E-state index contributed by atoms with van der Waals surface area (Å²) in [5.41, 5.74) is 2.46. The fourth-order valence-corrected chi connectivity index (χ4v) is 0.595. The van der Waals surface area contributed by atoms with Crippen molar-refractivity contribution in [1.29, 1.82) is 0 Å². The Balaban J connectivity index is 0. The summed E-state index contributed by atoms with van der Waals surface area (Å²) in [5.74, 6) is 0. The molecule has 0 amide bonds. The summed E-state index contributed by atoms with van der Waals surface area (Å²) in [6.45, 7) is 15.4. The minimum atomic E-state index is 1.02. The van der Waals surface area contributed by atoms with E-state index in [1.165, 1.54) is 24.8 Å². The third-order valence-corrected chi connectivity index (χ3v) is 1.46. The highest BCUT2D eigenvalue weighted by Gasteiger charge is 1.77. The van der Waals surface area contributed by atoms with Gasteiger partial charge in [-0.25, -0.2) is 0 Å². The predicted octanol–water partition coefficient (Wildman–Crippen LogP) is 4.89. The first-order valence-corrected chi connectivity index (χ1v) is 4.95. The van der Waals surface area contributed by atoms with Crippen LogP contribution in [0.2, 0.25) is 0 Å². The molecule has 0 radical (unpaired) electrons. The third-order valence-electron chi connectivity index (χ3n) is 1.46. The van der Waals surface area contributed by atoms with E-state index in [-0.39, 0.29) is 0 Å². The molecule has 0 saturated heterocycles. The second kappa shape index (κ2) is 11.2. The van der Waals surface area contributed by atoms with E-state index in [1.54, 1.807) is 6.08 Å². The van der Waals surface area contributed by atoms with Gasteiger partial charge in [-0.2, -0.15) is 0 Å². The summed E-state index contributed by atoms with van der Waals surface area (Å²) >= 11 is 0. The van der Waals surface area contributed by atoms with Crippen molar-refractivity contribution in [3.05, 3.63) is 36.5 Å². The molecule has 0 unspecified atom stereocenters. The third kappa shape index (κ3) is 24.7. The minimum Gasteiger partial charge on any atom is -0.0988 e. The van der Waals surface area contributed by atoms with Crippen LogP contribution in [0.1, 0.15) is 47.0 Å². The van der Waals surface area contributed by atoms with Gasteiger partial charge in [-0.15, -0.1) is 0 Å². The Hall–Kier alpha value is -0.780. The molecule has 0 rings (SSSR count). The van der Waals surface area contributed by atoms with Crippen LogP contribution in [-0.4, -0.2) is 0 Å². The van der Waals surface area contributed by atoms with E-state index in [0.717, 1.165) is 5.57 Å². The van der Waals surface area contributed by atoms with Gasteiger partial charge in [0.2, 0.25) is 0 Å². The van der Waals surface area contributed by atoms with Gasteiger partial charge in [-0.1, -0.05) is 56.2 Å².